The lowest BCUT2D eigenvalue weighted by atomic mass is 10.1. The van der Waals surface area contributed by atoms with Crippen LogP contribution in [0.1, 0.15) is 11.3 Å². The topological polar surface area (TPSA) is 39.9 Å². The molecule has 18 heavy (non-hydrogen) atoms. The second kappa shape index (κ2) is 5.27. The highest BCUT2D eigenvalue weighted by Gasteiger charge is 2.31. The van der Waals surface area contributed by atoms with Crippen LogP contribution in [0.2, 0.25) is 5.02 Å². The van der Waals surface area contributed by atoms with Crippen molar-refractivity contribution in [2.45, 2.75) is 6.18 Å². The summed E-state index contributed by atoms with van der Waals surface area (Å²) in [4.78, 5) is 5.18. The molecule has 0 N–H and O–H groups in total. The Kier molecular flexibility index (Phi) is 4.19. The van der Waals surface area contributed by atoms with E-state index in [1.165, 1.54) is 6.20 Å². The van der Waals surface area contributed by atoms with E-state index in [1.54, 1.807) is 19.0 Å². The minimum absolute atomic E-state index is 0.0286. The van der Waals surface area contributed by atoms with Crippen molar-refractivity contribution >= 4 is 17.2 Å². The second-order valence-electron chi connectivity index (χ2n) is 3.67. The second-order valence-corrected chi connectivity index (χ2v) is 4.08. The number of hydrogen-bond donors (Lipinski definition) is 0. The largest absolute Gasteiger partial charge is 0.417 e. The molecule has 7 heteroatoms. The van der Waals surface area contributed by atoms with E-state index in [0.717, 1.165) is 6.07 Å². The molecule has 0 spiro atoms. The Balaban J connectivity index is 3.26. The van der Waals surface area contributed by atoms with Crippen LogP contribution in [0.3, 0.4) is 0 Å². The highest BCUT2D eigenvalue weighted by Crippen LogP contribution is 2.32. The van der Waals surface area contributed by atoms with Crippen LogP contribution in [0.15, 0.2) is 18.5 Å². The monoisotopic (exact) mass is 275 g/mol. The summed E-state index contributed by atoms with van der Waals surface area (Å²) in [6, 6.07) is 2.59. The van der Waals surface area contributed by atoms with E-state index in [-0.39, 0.29) is 16.3 Å². The van der Waals surface area contributed by atoms with Gasteiger partial charge in [0.1, 0.15) is 11.8 Å². The Morgan fingerprint density at radius 3 is 2.50 bits per heavy atom. The molecule has 0 unspecified atom stereocenters. The third-order valence-corrected chi connectivity index (χ3v) is 2.22. The summed E-state index contributed by atoms with van der Waals surface area (Å²) in [5.41, 5.74) is -0.821. The zero-order valence-corrected chi connectivity index (χ0v) is 10.3. The normalized spacial score (nSPS) is 12.2. The lowest BCUT2D eigenvalue weighted by Crippen LogP contribution is -2.07. The molecule has 0 radical (unpaired) electrons. The van der Waals surface area contributed by atoms with E-state index < -0.39 is 11.7 Å². The highest BCUT2D eigenvalue weighted by atomic mass is 35.5. The molecule has 3 nitrogen and oxygen atoms in total. The molecule has 0 bridgehead atoms. The Labute approximate surface area is 107 Å². The van der Waals surface area contributed by atoms with Crippen molar-refractivity contribution in [3.05, 3.63) is 34.7 Å². The molecule has 1 aromatic rings. The molecular formula is C11H9ClF3N3. The molecule has 1 aromatic heterocycles. The van der Waals surface area contributed by atoms with Crippen LogP contribution in [0.25, 0.3) is 5.57 Å². The van der Waals surface area contributed by atoms with E-state index in [0.29, 0.717) is 6.20 Å². The van der Waals surface area contributed by atoms with Gasteiger partial charge in [0.15, 0.2) is 0 Å². The fourth-order valence-electron chi connectivity index (χ4n) is 1.19. The van der Waals surface area contributed by atoms with E-state index in [9.17, 15) is 13.2 Å². The molecule has 0 aliphatic rings. The molecule has 0 aliphatic carbocycles. The molecule has 0 atom stereocenters. The van der Waals surface area contributed by atoms with Gasteiger partial charge in [-0.3, -0.25) is 4.98 Å². The molecule has 0 fully saturated rings. The van der Waals surface area contributed by atoms with Crippen molar-refractivity contribution in [1.29, 1.82) is 5.26 Å². The SMILES string of the molecule is CN(C)/C=C(\C#N)c1ncc(C(F)(F)F)cc1Cl. The average molecular weight is 276 g/mol. The lowest BCUT2D eigenvalue weighted by molar-refractivity contribution is -0.137. The van der Waals surface area contributed by atoms with Gasteiger partial charge in [-0.05, 0) is 6.07 Å². The maximum atomic E-state index is 12.4. The van der Waals surface area contributed by atoms with Gasteiger partial charge in [0.05, 0.1) is 16.2 Å². The van der Waals surface area contributed by atoms with Crippen LogP contribution in [0, 0.1) is 11.3 Å². The molecule has 0 aliphatic heterocycles. The predicted octanol–water partition coefficient (Wildman–Crippen LogP) is 3.18. The van der Waals surface area contributed by atoms with Gasteiger partial charge in [0.2, 0.25) is 0 Å². The van der Waals surface area contributed by atoms with Crippen molar-refractivity contribution < 1.29 is 13.2 Å². The molecular weight excluding hydrogens is 267 g/mol. The summed E-state index contributed by atoms with van der Waals surface area (Å²) in [5.74, 6) is 0. The van der Waals surface area contributed by atoms with Crippen LogP contribution < -0.4 is 0 Å². The van der Waals surface area contributed by atoms with Gasteiger partial charge in [-0.15, -0.1) is 0 Å². The number of nitrogens with zero attached hydrogens (tertiary/aromatic N) is 3. The van der Waals surface area contributed by atoms with Crippen LogP contribution >= 0.6 is 11.6 Å². The van der Waals surface area contributed by atoms with Crippen LogP contribution in [0.5, 0.6) is 0 Å². The lowest BCUT2D eigenvalue weighted by Gasteiger charge is -2.10. The third-order valence-electron chi connectivity index (χ3n) is 1.93. The number of halogens is 4. The van der Waals surface area contributed by atoms with Gasteiger partial charge in [-0.1, -0.05) is 11.6 Å². The Hall–Kier alpha value is -1.74. The first-order chi connectivity index (χ1) is 8.25. The molecule has 0 saturated heterocycles. The van der Waals surface area contributed by atoms with E-state index in [2.05, 4.69) is 4.98 Å². The minimum atomic E-state index is -4.51. The molecule has 0 aromatic carbocycles. The van der Waals surface area contributed by atoms with E-state index in [1.807, 2.05) is 6.07 Å². The Morgan fingerprint density at radius 1 is 1.50 bits per heavy atom. The number of hydrogen-bond acceptors (Lipinski definition) is 3. The number of pyridine rings is 1. The molecule has 0 amide bonds. The van der Waals surface area contributed by atoms with Gasteiger partial charge in [-0.25, -0.2) is 0 Å². The predicted molar refractivity (Wildman–Crippen MR) is 61.5 cm³/mol. The van der Waals surface area contributed by atoms with Crippen LogP contribution in [-0.4, -0.2) is 24.0 Å². The summed E-state index contributed by atoms with van der Waals surface area (Å²) >= 11 is 5.72. The van der Waals surface area contributed by atoms with Crippen molar-refractivity contribution in [1.82, 2.24) is 9.88 Å². The van der Waals surface area contributed by atoms with Crippen molar-refractivity contribution in [2.75, 3.05) is 14.1 Å². The number of allylic oxidation sites excluding steroid dienone is 1. The minimum Gasteiger partial charge on any atom is -0.382 e. The van der Waals surface area contributed by atoms with E-state index in [4.69, 9.17) is 16.9 Å². The first kappa shape index (κ1) is 14.3. The Bertz CT molecular complexity index is 515. The number of rotatable bonds is 2. The first-order valence-corrected chi connectivity index (χ1v) is 5.15. The van der Waals surface area contributed by atoms with Gasteiger partial charge in [-0.2, -0.15) is 18.4 Å². The smallest absolute Gasteiger partial charge is 0.382 e. The highest BCUT2D eigenvalue weighted by molar-refractivity contribution is 6.32. The summed E-state index contributed by atoms with van der Waals surface area (Å²) < 4.78 is 37.2. The zero-order valence-electron chi connectivity index (χ0n) is 9.59. The fourth-order valence-corrected chi connectivity index (χ4v) is 1.46. The van der Waals surface area contributed by atoms with Crippen molar-refractivity contribution in [3.63, 3.8) is 0 Å². The molecule has 0 saturated carbocycles. The maximum absolute atomic E-state index is 12.4. The molecule has 1 rings (SSSR count). The van der Waals surface area contributed by atoms with Crippen molar-refractivity contribution in [2.24, 2.45) is 0 Å². The number of nitriles is 1. The van der Waals surface area contributed by atoms with Gasteiger partial charge in [0.25, 0.3) is 0 Å². The van der Waals surface area contributed by atoms with Gasteiger partial charge >= 0.3 is 6.18 Å². The number of alkyl halides is 3. The standard InChI is InChI=1S/C11H9ClF3N3/c1-18(2)6-7(4-16)10-9(12)3-8(5-17-10)11(13,14)15/h3,5-6H,1-2H3/b7-6+. The molecule has 1 heterocycles. The molecule has 96 valence electrons. The third kappa shape index (κ3) is 3.37. The zero-order chi connectivity index (χ0) is 13.9. The summed E-state index contributed by atoms with van der Waals surface area (Å²) in [6.45, 7) is 0. The average Bonchev–Trinajstić information content (AvgIpc) is 2.24. The summed E-state index contributed by atoms with van der Waals surface area (Å²) in [6.07, 6.45) is -2.42. The van der Waals surface area contributed by atoms with Crippen LogP contribution in [0.4, 0.5) is 13.2 Å². The summed E-state index contributed by atoms with van der Waals surface area (Å²) in [7, 11) is 3.35. The summed E-state index contributed by atoms with van der Waals surface area (Å²) in [5, 5.41) is 8.71. The van der Waals surface area contributed by atoms with Gasteiger partial charge < -0.3 is 4.90 Å². The number of aromatic nitrogens is 1. The Morgan fingerprint density at radius 2 is 2.11 bits per heavy atom. The quantitative estimate of drug-likeness (QED) is 0.778. The maximum Gasteiger partial charge on any atom is 0.417 e. The first-order valence-electron chi connectivity index (χ1n) is 4.77. The van der Waals surface area contributed by atoms with Crippen LogP contribution in [-0.2, 0) is 6.18 Å². The van der Waals surface area contributed by atoms with Gasteiger partial charge in [0, 0.05) is 26.5 Å². The fraction of sp³-hybridized carbons (Fsp3) is 0.273. The van der Waals surface area contributed by atoms with E-state index >= 15 is 0 Å². The van der Waals surface area contributed by atoms with Crippen molar-refractivity contribution in [3.8, 4) is 6.07 Å².